The molecule has 4 atom stereocenters. The molecule has 4 aromatic heterocycles. The first-order valence-electron chi connectivity index (χ1n) is 44.6. The van der Waals surface area contributed by atoms with Crippen molar-refractivity contribution in [2.24, 2.45) is 28.6 Å². The van der Waals surface area contributed by atoms with E-state index in [0.29, 0.717) is 72.5 Å². The van der Waals surface area contributed by atoms with Gasteiger partial charge in [-0.1, -0.05) is 105 Å². The minimum absolute atomic E-state index is 0.0332. The quantitative estimate of drug-likeness (QED) is 0.0322. The number of aromatic nitrogens is 4. The number of sulfonamides is 2. The molecule has 19 rings (SSSR count). The van der Waals surface area contributed by atoms with Gasteiger partial charge in [-0.2, -0.15) is 5.26 Å². The smallest absolute Gasteiger partial charge is 0.277 e. The van der Waals surface area contributed by atoms with Crippen molar-refractivity contribution in [3.63, 3.8) is 0 Å². The number of aromatic amines is 2. The second-order valence-electron chi connectivity index (χ2n) is 37.4. The summed E-state index contributed by atoms with van der Waals surface area (Å²) in [5.41, 5.74) is 12.6. The number of hydrogen-bond donors (Lipinski definition) is 4. The van der Waals surface area contributed by atoms with Crippen molar-refractivity contribution < 1.29 is 55.2 Å². The summed E-state index contributed by atoms with van der Waals surface area (Å²) < 4.78 is 84.9. The zero-order valence-electron chi connectivity index (χ0n) is 73.3. The molecule has 5 aliphatic heterocycles. The third kappa shape index (κ3) is 20.2. The van der Waals surface area contributed by atoms with Crippen LogP contribution in [0.4, 0.5) is 22.7 Å². The van der Waals surface area contributed by atoms with Crippen molar-refractivity contribution in [3.8, 4) is 40.6 Å². The number of ether oxygens (including phenoxy) is 4. The van der Waals surface area contributed by atoms with Crippen LogP contribution in [-0.4, -0.2) is 171 Å². The Kier molecular flexibility index (Phi) is 25.4. The van der Waals surface area contributed by atoms with Crippen LogP contribution in [0, 0.1) is 60.1 Å². The minimum Gasteiger partial charge on any atom is -0.493 e. The maximum absolute atomic E-state index is 14.1. The van der Waals surface area contributed by atoms with Gasteiger partial charge in [-0.05, 0) is 200 Å². The van der Waals surface area contributed by atoms with Gasteiger partial charge >= 0.3 is 0 Å². The molecule has 0 radical (unpaired) electrons. The highest BCUT2D eigenvalue weighted by Crippen LogP contribution is 2.48. The molecule has 7 aromatic carbocycles. The van der Waals surface area contributed by atoms with Crippen LogP contribution in [0.15, 0.2) is 203 Å². The third-order valence-electron chi connectivity index (χ3n) is 27.1. The number of H-pyrrole nitrogens is 2. The summed E-state index contributed by atoms with van der Waals surface area (Å²) in [6.07, 6.45) is 17.6. The number of fused-ring (bicyclic) bond motifs is 6. The lowest BCUT2D eigenvalue weighted by atomic mass is 9.72. The topological polar surface area (TPSA) is 347 Å². The van der Waals surface area contributed by atoms with Gasteiger partial charge in [0.15, 0.2) is 0 Å². The maximum Gasteiger partial charge on any atom is 0.277 e. The number of nitrogens with zero attached hydrogens (tertiary/aromatic N) is 10. The van der Waals surface area contributed by atoms with E-state index in [1.54, 1.807) is 67.0 Å². The van der Waals surface area contributed by atoms with Crippen LogP contribution >= 0.6 is 23.2 Å². The number of anilines is 2. The first kappa shape index (κ1) is 89.4. The summed E-state index contributed by atoms with van der Waals surface area (Å²) in [6.45, 7) is 19.5. The second kappa shape index (κ2) is 37.2. The number of allylic oxidation sites excluding steroid dienone is 2. The molecular weight excluding hydrogens is 1740 g/mol. The van der Waals surface area contributed by atoms with E-state index in [9.17, 15) is 51.9 Å². The lowest BCUT2D eigenvalue weighted by Gasteiger charge is -2.39. The number of nitro groups is 2. The lowest BCUT2D eigenvalue weighted by molar-refractivity contribution is -0.386. The number of nitriles is 1. The molecule has 0 spiro atoms. The Hall–Kier alpha value is -12.2. The highest BCUT2D eigenvalue weighted by molar-refractivity contribution is 7.90. The first-order valence-corrected chi connectivity index (χ1v) is 48.3. The van der Waals surface area contributed by atoms with Crippen molar-refractivity contribution in [1.82, 2.24) is 44.1 Å². The van der Waals surface area contributed by atoms with Gasteiger partial charge in [-0.3, -0.25) is 44.5 Å². The fraction of sp³-hybridized carbons (Fsp3) is 0.364. The molecule has 9 heterocycles. The highest BCUT2D eigenvalue weighted by atomic mass is 35.5. The normalized spacial score (nSPS) is 19.8. The maximum atomic E-state index is 14.1. The Balaban J connectivity index is 0.000000176. The van der Waals surface area contributed by atoms with Crippen LogP contribution in [0.5, 0.6) is 34.5 Å². The summed E-state index contributed by atoms with van der Waals surface area (Å²) in [4.78, 5) is 77.7. The number of piperazine rings is 2. The summed E-state index contributed by atoms with van der Waals surface area (Å²) >= 11 is 12.5. The van der Waals surface area contributed by atoms with E-state index in [2.05, 4.69) is 112 Å². The number of carbonyl (C=O) groups is 2. The molecule has 11 aromatic rings. The number of likely N-dealkylation sites (tertiary alicyclic amines) is 1. The number of nitrogens with one attached hydrogen (secondary N) is 4. The van der Waals surface area contributed by atoms with Gasteiger partial charge in [0.25, 0.3) is 43.2 Å². The number of piperidine rings is 1. The van der Waals surface area contributed by atoms with Crippen molar-refractivity contribution in [2.45, 2.75) is 121 Å². The monoisotopic (exact) mass is 1840 g/mol. The number of nitro benzene ring substituents is 2. The van der Waals surface area contributed by atoms with Gasteiger partial charge in [0.2, 0.25) is 0 Å². The van der Waals surface area contributed by atoms with Gasteiger partial charge < -0.3 is 38.7 Å². The summed E-state index contributed by atoms with van der Waals surface area (Å²) in [5, 5.41) is 37.4. The van der Waals surface area contributed by atoms with Gasteiger partial charge in [-0.25, -0.2) is 36.2 Å². The zero-order chi connectivity index (χ0) is 91.2. The fourth-order valence-electron chi connectivity index (χ4n) is 20.0. The van der Waals surface area contributed by atoms with Crippen LogP contribution in [0.3, 0.4) is 0 Å². The molecular formula is C99H102Cl2N14O14S2. The van der Waals surface area contributed by atoms with Crippen LogP contribution in [0.2, 0.25) is 10.0 Å². The molecule has 2 amide bonds. The van der Waals surface area contributed by atoms with Crippen molar-refractivity contribution in [1.29, 1.82) is 5.26 Å². The van der Waals surface area contributed by atoms with Crippen molar-refractivity contribution in [3.05, 3.63) is 268 Å². The number of benzene rings is 7. The Bertz CT molecular complexity index is 6640. The standard InChI is InChI=1S/C50H48ClN7O7S.C49H54ClN7O7S/c1-50(2)15-13-37(44(27-50)33-7-9-38(51)10-8-33)30-56-17-19-57(20-18-56)39-11-12-42(47(24-39)65-40-23-35-14-16-53-48(35)54-29-40)49(59)55-66(62,63)41-25-45(58(60)61)43-22-32(31-64-46(43)26-41)21-34-5-3-4-6-36(34)28-52;1-49(2)13-11-35(43(25-49)33-4-6-36(50)7-5-33)29-54-15-17-55(18-16-54)38-9-10-41(46(22-38)64-39-21-34-12-14-51-47(34)52-26-39)48(58)53-65(61,62)40-23-44(57(59)60)42-20-32(30-63-45(42)24-40)28-56-27-31-3-8-37(56)19-31/h3-12,14,16,23-26,29,32H,13,15,17-22,27,30-31H2,1-2H3,(H,53,54)(H,55,59);4-7,9-10,12,14,21-24,26,31-32,37H,3,8,11,13,15-20,25,27-30H2,1-2H3,(H,51,52)(H,53,58)/t32-;31-,32+,37+/m10/s1. The molecule has 1 saturated carbocycles. The van der Waals surface area contributed by atoms with E-state index >= 15 is 0 Å². The first-order chi connectivity index (χ1) is 62.9. The predicted octanol–water partition coefficient (Wildman–Crippen LogP) is 18.3. The summed E-state index contributed by atoms with van der Waals surface area (Å²) in [7, 11) is -9.29. The molecule has 8 aliphatic rings. The number of rotatable bonds is 24. The van der Waals surface area contributed by atoms with E-state index < -0.39 is 57.2 Å². The zero-order valence-corrected chi connectivity index (χ0v) is 76.4. The summed E-state index contributed by atoms with van der Waals surface area (Å²) in [5.74, 6) is -0.260. The van der Waals surface area contributed by atoms with E-state index in [1.807, 2.05) is 48.5 Å². The van der Waals surface area contributed by atoms with Gasteiger partial charge in [0, 0.05) is 177 Å². The van der Waals surface area contributed by atoms with Gasteiger partial charge in [-0.15, -0.1) is 0 Å². The molecule has 678 valence electrons. The van der Waals surface area contributed by atoms with Gasteiger partial charge in [0.1, 0.15) is 45.8 Å². The molecule has 3 saturated heterocycles. The SMILES string of the molecule is CC1(C)CCC(CN2CCN(c3ccc(C(=O)NS(=O)(=O)c4cc5c(c([N+](=O)[O-])c4)C[C@@H](Cc4ccccc4C#N)CO5)c(Oc4cnc5[nH]ccc5c4)c3)CC2)=C(c2ccc(Cl)cc2)C1.CC1(C)CCC(CN2CCN(c3ccc(C(=O)NS(=O)(=O)c4cc5c(c([N+](=O)[O-])c4)C[C@H](CN4C[C@H]6CC[C@@H]4C6)CO5)c(Oc4cnc5[nH]ccc5c4)c3)CC2)=C(c2ccc(Cl)cc2)C1. The van der Waals surface area contributed by atoms with Crippen LogP contribution in [0.25, 0.3) is 33.2 Å². The number of halogens is 2. The molecule has 131 heavy (non-hydrogen) atoms. The van der Waals surface area contributed by atoms with Gasteiger partial charge in [0.05, 0.1) is 79.1 Å². The molecule has 4 fully saturated rings. The van der Waals surface area contributed by atoms with E-state index in [4.69, 9.17) is 42.1 Å². The number of hydrogen-bond acceptors (Lipinski definition) is 22. The third-order valence-corrected chi connectivity index (χ3v) is 30.2. The second-order valence-corrected chi connectivity index (χ2v) is 41.6. The predicted molar refractivity (Wildman–Crippen MR) is 503 cm³/mol. The Morgan fingerprint density at radius 1 is 0.588 bits per heavy atom. The Morgan fingerprint density at radius 3 is 1.50 bits per heavy atom. The van der Waals surface area contributed by atoms with Crippen molar-refractivity contribution >= 4 is 111 Å². The minimum atomic E-state index is -4.68. The number of pyridine rings is 2. The Morgan fingerprint density at radius 2 is 1.05 bits per heavy atom. The van der Waals surface area contributed by atoms with E-state index in [-0.39, 0.29) is 81.1 Å². The Labute approximate surface area is 770 Å². The molecule has 3 aliphatic carbocycles. The van der Waals surface area contributed by atoms with Crippen LogP contribution < -0.4 is 38.2 Å². The van der Waals surface area contributed by atoms with E-state index in [1.165, 1.54) is 83.3 Å². The average molecular weight is 1850 g/mol. The molecule has 32 heteroatoms. The van der Waals surface area contributed by atoms with Crippen LogP contribution in [0.1, 0.15) is 140 Å². The van der Waals surface area contributed by atoms with Crippen molar-refractivity contribution in [2.75, 3.05) is 102 Å². The van der Waals surface area contributed by atoms with E-state index in [0.717, 1.165) is 160 Å². The number of carbonyl (C=O) groups excluding carboxylic acids is 2. The van der Waals surface area contributed by atoms with Crippen LogP contribution in [-0.2, 0) is 39.3 Å². The molecule has 2 bridgehead atoms. The molecule has 4 N–H and O–H groups in total. The molecule has 28 nitrogen and oxygen atoms in total. The highest BCUT2D eigenvalue weighted by Gasteiger charge is 2.42. The fourth-order valence-corrected chi connectivity index (χ4v) is 22.3. The average Bonchev–Trinajstić information content (AvgIpc) is 1.74. The number of amides is 2. The largest absolute Gasteiger partial charge is 0.493 e. The molecule has 0 unspecified atom stereocenters. The lowest BCUT2D eigenvalue weighted by Crippen LogP contribution is -2.47. The summed E-state index contributed by atoms with van der Waals surface area (Å²) in [6, 6.07) is 48.0.